The van der Waals surface area contributed by atoms with E-state index in [1.165, 1.54) is 0 Å². The average molecular weight is 417 g/mol. The molecule has 160 valence electrons. The normalized spacial score (nSPS) is 15.6. The number of fused-ring (bicyclic) bond motifs is 1. The summed E-state index contributed by atoms with van der Waals surface area (Å²) in [6.45, 7) is 4.34. The number of amidine groups is 1. The van der Waals surface area contributed by atoms with Gasteiger partial charge in [-0.1, -0.05) is 31.2 Å². The Hall–Kier alpha value is -3.41. The van der Waals surface area contributed by atoms with E-state index in [0.29, 0.717) is 29.9 Å². The number of nitrogens with two attached hydrogens (primary N) is 1. The van der Waals surface area contributed by atoms with Gasteiger partial charge in [-0.3, -0.25) is 9.59 Å². The molecule has 0 radical (unpaired) electrons. The molecule has 2 aromatic carbocycles. The Bertz CT molecular complexity index is 1050. The number of nitrogens with one attached hydrogen (secondary N) is 1. The first-order valence-electron chi connectivity index (χ1n) is 10.9. The summed E-state index contributed by atoms with van der Waals surface area (Å²) in [5.41, 5.74) is 11.0. The fourth-order valence-corrected chi connectivity index (χ4v) is 3.98. The molecule has 2 aliphatic rings. The van der Waals surface area contributed by atoms with Gasteiger partial charge in [-0.15, -0.1) is 0 Å². The van der Waals surface area contributed by atoms with Crippen LogP contribution in [0.2, 0.25) is 0 Å². The molecule has 2 amide bonds. The lowest BCUT2D eigenvalue weighted by molar-refractivity contribution is -0.117. The molecule has 2 aromatic rings. The molecule has 1 fully saturated rings. The van der Waals surface area contributed by atoms with Crippen molar-refractivity contribution >= 4 is 29.4 Å². The van der Waals surface area contributed by atoms with E-state index in [1.807, 2.05) is 60.4 Å². The van der Waals surface area contributed by atoms with Gasteiger partial charge in [-0.25, -0.2) is 4.99 Å². The van der Waals surface area contributed by atoms with E-state index in [4.69, 9.17) is 5.73 Å². The molecule has 31 heavy (non-hydrogen) atoms. The average Bonchev–Trinajstić information content (AvgIpc) is 3.26. The largest absolute Gasteiger partial charge is 0.387 e. The lowest BCUT2D eigenvalue weighted by atomic mass is 10.00. The number of nitrogens with zero attached hydrogens (tertiary/aromatic N) is 2. The van der Waals surface area contributed by atoms with Gasteiger partial charge in [-0.05, 0) is 54.7 Å². The van der Waals surface area contributed by atoms with E-state index in [-0.39, 0.29) is 11.8 Å². The SMILES string of the molecule is CCCNC(=O)C1=Cc2ccc(-c3ccc(C(=O)N4CCCC4)cc3)cc2N=C(N)C1. The van der Waals surface area contributed by atoms with Crippen LogP contribution in [0.4, 0.5) is 5.69 Å². The highest BCUT2D eigenvalue weighted by atomic mass is 16.2. The molecule has 2 heterocycles. The third-order valence-corrected chi connectivity index (χ3v) is 5.68. The van der Waals surface area contributed by atoms with Crippen molar-refractivity contribution < 1.29 is 9.59 Å². The number of carbonyl (C=O) groups excluding carboxylic acids is 2. The minimum Gasteiger partial charge on any atom is -0.387 e. The third-order valence-electron chi connectivity index (χ3n) is 5.68. The molecule has 0 spiro atoms. The van der Waals surface area contributed by atoms with E-state index in [9.17, 15) is 9.59 Å². The van der Waals surface area contributed by atoms with Gasteiger partial charge in [0.05, 0.1) is 5.69 Å². The predicted molar refractivity (Wildman–Crippen MR) is 124 cm³/mol. The molecule has 0 saturated carbocycles. The predicted octanol–water partition coefficient (Wildman–Crippen LogP) is 3.89. The molecular weight excluding hydrogens is 388 g/mol. The maximum absolute atomic E-state index is 12.6. The van der Waals surface area contributed by atoms with Gasteiger partial charge in [0.2, 0.25) is 5.91 Å². The molecule has 3 N–H and O–H groups in total. The Kier molecular flexibility index (Phi) is 6.16. The van der Waals surface area contributed by atoms with Gasteiger partial charge in [0.15, 0.2) is 0 Å². The van der Waals surface area contributed by atoms with Gasteiger partial charge in [0.1, 0.15) is 5.84 Å². The molecular formula is C25H28N4O2. The summed E-state index contributed by atoms with van der Waals surface area (Å²) in [4.78, 5) is 31.4. The summed E-state index contributed by atoms with van der Waals surface area (Å²) in [5.74, 6) is 0.415. The summed E-state index contributed by atoms with van der Waals surface area (Å²) >= 11 is 0. The van der Waals surface area contributed by atoms with Crippen LogP contribution in [0, 0.1) is 0 Å². The molecule has 6 heteroatoms. The third kappa shape index (κ3) is 4.68. The standard InChI is InChI=1S/C25H28N4O2/c1-2-11-27-24(30)21-14-20-10-9-19(15-22(20)28-23(26)16-21)17-5-7-18(8-6-17)25(31)29-12-3-4-13-29/h5-10,14-15H,2-4,11-13,16H2,1H3,(H2,26,28)(H,27,30). The van der Waals surface area contributed by atoms with Crippen LogP contribution in [0.5, 0.6) is 0 Å². The Labute approximate surface area is 182 Å². The smallest absolute Gasteiger partial charge is 0.253 e. The van der Waals surface area contributed by atoms with E-state index < -0.39 is 0 Å². The Balaban J connectivity index is 1.58. The van der Waals surface area contributed by atoms with Crippen molar-refractivity contribution in [2.45, 2.75) is 32.6 Å². The molecule has 0 atom stereocenters. The first-order chi connectivity index (χ1) is 15.0. The number of aliphatic imine (C=N–C) groups is 1. The number of hydrogen-bond donors (Lipinski definition) is 2. The molecule has 6 nitrogen and oxygen atoms in total. The highest BCUT2D eigenvalue weighted by Crippen LogP contribution is 2.32. The van der Waals surface area contributed by atoms with Gasteiger partial charge in [0.25, 0.3) is 5.91 Å². The Morgan fingerprint density at radius 1 is 1.06 bits per heavy atom. The van der Waals surface area contributed by atoms with Crippen LogP contribution in [-0.2, 0) is 4.79 Å². The van der Waals surface area contributed by atoms with Crippen LogP contribution in [0.3, 0.4) is 0 Å². The first kappa shape index (κ1) is 20.8. The summed E-state index contributed by atoms with van der Waals surface area (Å²) in [6.07, 6.45) is 5.24. The van der Waals surface area contributed by atoms with Crippen LogP contribution < -0.4 is 11.1 Å². The number of amides is 2. The van der Waals surface area contributed by atoms with Gasteiger partial charge in [0, 0.05) is 42.8 Å². The molecule has 4 rings (SSSR count). The minimum absolute atomic E-state index is 0.0994. The summed E-state index contributed by atoms with van der Waals surface area (Å²) < 4.78 is 0. The van der Waals surface area contributed by atoms with Crippen LogP contribution in [0.1, 0.15) is 48.5 Å². The van der Waals surface area contributed by atoms with Crippen molar-refractivity contribution in [3.63, 3.8) is 0 Å². The Morgan fingerprint density at radius 2 is 1.77 bits per heavy atom. The monoisotopic (exact) mass is 416 g/mol. The van der Waals surface area contributed by atoms with Gasteiger partial charge >= 0.3 is 0 Å². The second kappa shape index (κ2) is 9.16. The van der Waals surface area contributed by atoms with Crippen molar-refractivity contribution in [1.29, 1.82) is 0 Å². The maximum Gasteiger partial charge on any atom is 0.253 e. The van der Waals surface area contributed by atoms with Crippen LogP contribution >= 0.6 is 0 Å². The highest BCUT2D eigenvalue weighted by Gasteiger charge is 2.20. The second-order valence-electron chi connectivity index (χ2n) is 8.06. The fourth-order valence-electron chi connectivity index (χ4n) is 3.98. The van der Waals surface area contributed by atoms with Crippen LogP contribution in [0.15, 0.2) is 53.0 Å². The number of carbonyl (C=O) groups is 2. The highest BCUT2D eigenvalue weighted by molar-refractivity contribution is 6.05. The molecule has 0 bridgehead atoms. The lowest BCUT2D eigenvalue weighted by Crippen LogP contribution is -2.27. The second-order valence-corrected chi connectivity index (χ2v) is 8.06. The maximum atomic E-state index is 12.6. The molecule has 1 saturated heterocycles. The number of rotatable bonds is 5. The number of hydrogen-bond acceptors (Lipinski definition) is 4. The van der Waals surface area contributed by atoms with E-state index in [1.54, 1.807) is 0 Å². The zero-order chi connectivity index (χ0) is 21.8. The van der Waals surface area contributed by atoms with Crippen molar-refractivity contribution in [2.75, 3.05) is 19.6 Å². The van der Waals surface area contributed by atoms with E-state index >= 15 is 0 Å². The molecule has 0 aliphatic carbocycles. The summed E-state index contributed by atoms with van der Waals surface area (Å²) in [6, 6.07) is 13.6. The zero-order valence-corrected chi connectivity index (χ0v) is 17.9. The molecule has 2 aliphatic heterocycles. The van der Waals surface area contributed by atoms with Gasteiger partial charge < -0.3 is 16.0 Å². The topological polar surface area (TPSA) is 87.8 Å². The van der Waals surface area contributed by atoms with E-state index in [0.717, 1.165) is 54.7 Å². The summed E-state index contributed by atoms with van der Waals surface area (Å²) in [5, 5.41) is 2.90. The molecule has 0 unspecified atom stereocenters. The van der Waals surface area contributed by atoms with Crippen molar-refractivity contribution in [3.8, 4) is 11.1 Å². The van der Waals surface area contributed by atoms with Gasteiger partial charge in [-0.2, -0.15) is 0 Å². The quantitative estimate of drug-likeness (QED) is 0.775. The van der Waals surface area contributed by atoms with Crippen LogP contribution in [-0.4, -0.2) is 42.2 Å². The Morgan fingerprint density at radius 3 is 2.48 bits per heavy atom. The number of likely N-dealkylation sites (tertiary alicyclic amines) is 1. The fraction of sp³-hybridized carbons (Fsp3) is 0.320. The summed E-state index contributed by atoms with van der Waals surface area (Å²) in [7, 11) is 0. The lowest BCUT2D eigenvalue weighted by Gasteiger charge is -2.15. The van der Waals surface area contributed by atoms with Crippen LogP contribution in [0.25, 0.3) is 17.2 Å². The number of benzene rings is 2. The van der Waals surface area contributed by atoms with E-state index in [2.05, 4.69) is 10.3 Å². The molecule has 0 aromatic heterocycles. The first-order valence-corrected chi connectivity index (χ1v) is 10.9. The van der Waals surface area contributed by atoms with Crippen molar-refractivity contribution in [3.05, 3.63) is 59.2 Å². The zero-order valence-electron chi connectivity index (χ0n) is 17.9. The van der Waals surface area contributed by atoms with Crippen molar-refractivity contribution in [2.24, 2.45) is 10.7 Å². The minimum atomic E-state index is -0.102. The van der Waals surface area contributed by atoms with Crippen molar-refractivity contribution in [1.82, 2.24) is 10.2 Å².